The van der Waals surface area contributed by atoms with Gasteiger partial charge in [0.25, 0.3) is 5.88 Å². The molecule has 0 fully saturated rings. The predicted molar refractivity (Wildman–Crippen MR) is 54.7 cm³/mol. The second kappa shape index (κ2) is 4.40. The van der Waals surface area contributed by atoms with Gasteiger partial charge < -0.3 is 4.74 Å². The molecule has 80 valence electrons. The van der Waals surface area contributed by atoms with Crippen molar-refractivity contribution in [1.29, 1.82) is 5.26 Å². The highest BCUT2D eigenvalue weighted by Gasteiger charge is 2.07. The largest absolute Gasteiger partial charge is 0.433 e. The van der Waals surface area contributed by atoms with E-state index in [1.807, 2.05) is 13.0 Å². The van der Waals surface area contributed by atoms with Gasteiger partial charge >= 0.3 is 0 Å². The number of nitrogens with zero attached hydrogens (tertiary/aromatic N) is 5. The van der Waals surface area contributed by atoms with E-state index in [2.05, 4.69) is 15.1 Å². The van der Waals surface area contributed by atoms with Crippen molar-refractivity contribution in [2.24, 2.45) is 0 Å². The van der Waals surface area contributed by atoms with E-state index in [1.165, 1.54) is 12.4 Å². The Balaban J connectivity index is 2.24. The molecular weight excluding hydrogens is 206 g/mol. The third kappa shape index (κ3) is 1.98. The van der Waals surface area contributed by atoms with E-state index in [0.29, 0.717) is 5.75 Å². The molecule has 6 nitrogen and oxygen atoms in total. The first-order valence-electron chi connectivity index (χ1n) is 4.75. The lowest BCUT2D eigenvalue weighted by atomic mass is 10.4. The number of aryl methyl sites for hydroxylation is 1. The average Bonchev–Trinajstić information content (AvgIpc) is 2.77. The number of rotatable bonds is 3. The Morgan fingerprint density at radius 2 is 2.25 bits per heavy atom. The maximum Gasteiger partial charge on any atom is 0.256 e. The Bertz CT molecular complexity index is 528. The molecule has 16 heavy (non-hydrogen) atoms. The summed E-state index contributed by atoms with van der Waals surface area (Å²) in [5.74, 6) is 0.736. The lowest BCUT2D eigenvalue weighted by molar-refractivity contribution is 0.457. The molecule has 2 aromatic heterocycles. The Morgan fingerprint density at radius 3 is 2.94 bits per heavy atom. The highest BCUT2D eigenvalue weighted by molar-refractivity contribution is 5.33. The summed E-state index contributed by atoms with van der Waals surface area (Å²) in [4.78, 5) is 7.78. The van der Waals surface area contributed by atoms with Crippen LogP contribution in [-0.2, 0) is 6.54 Å². The molecule has 6 heteroatoms. The Kier molecular flexibility index (Phi) is 2.78. The van der Waals surface area contributed by atoms with E-state index < -0.39 is 0 Å². The second-order valence-corrected chi connectivity index (χ2v) is 2.96. The van der Waals surface area contributed by atoms with Gasteiger partial charge in [0.1, 0.15) is 6.07 Å². The summed E-state index contributed by atoms with van der Waals surface area (Å²) >= 11 is 0. The molecule has 2 rings (SSSR count). The van der Waals surface area contributed by atoms with Crippen LogP contribution >= 0.6 is 0 Å². The number of nitriles is 1. The fraction of sp³-hybridized carbons (Fsp3) is 0.200. The molecular formula is C10H9N5O. The first-order chi connectivity index (χ1) is 7.83. The van der Waals surface area contributed by atoms with Crippen molar-refractivity contribution in [2.75, 3.05) is 0 Å². The van der Waals surface area contributed by atoms with Crippen LogP contribution in [0.5, 0.6) is 11.6 Å². The van der Waals surface area contributed by atoms with Crippen molar-refractivity contribution >= 4 is 0 Å². The first-order valence-corrected chi connectivity index (χ1v) is 4.75. The summed E-state index contributed by atoms with van der Waals surface area (Å²) in [5, 5.41) is 12.8. The molecule has 0 aromatic carbocycles. The lowest BCUT2D eigenvalue weighted by Crippen LogP contribution is -1.94. The highest BCUT2D eigenvalue weighted by atomic mass is 16.5. The molecule has 0 radical (unpaired) electrons. The van der Waals surface area contributed by atoms with Crippen molar-refractivity contribution in [1.82, 2.24) is 19.7 Å². The minimum atomic E-state index is 0.159. The predicted octanol–water partition coefficient (Wildman–Crippen LogP) is 1.36. The molecule has 0 amide bonds. The van der Waals surface area contributed by atoms with E-state index >= 15 is 0 Å². The van der Waals surface area contributed by atoms with Gasteiger partial charge in [0.2, 0.25) is 5.69 Å². The van der Waals surface area contributed by atoms with Crippen LogP contribution in [0.2, 0.25) is 0 Å². The van der Waals surface area contributed by atoms with E-state index in [0.717, 1.165) is 6.54 Å². The van der Waals surface area contributed by atoms with Crippen LogP contribution in [-0.4, -0.2) is 19.7 Å². The molecule has 2 aromatic rings. The molecule has 0 aliphatic heterocycles. The number of hydrogen-bond acceptors (Lipinski definition) is 5. The smallest absolute Gasteiger partial charge is 0.256 e. The lowest BCUT2D eigenvalue weighted by Gasteiger charge is -2.01. The van der Waals surface area contributed by atoms with Crippen molar-refractivity contribution in [3.63, 3.8) is 0 Å². The van der Waals surface area contributed by atoms with Crippen LogP contribution in [0.1, 0.15) is 12.6 Å². The van der Waals surface area contributed by atoms with Gasteiger partial charge in [-0.1, -0.05) is 0 Å². The van der Waals surface area contributed by atoms with Crippen LogP contribution in [0, 0.1) is 11.3 Å². The minimum absolute atomic E-state index is 0.159. The molecule has 0 unspecified atom stereocenters. The summed E-state index contributed by atoms with van der Waals surface area (Å²) in [7, 11) is 0. The van der Waals surface area contributed by atoms with Gasteiger partial charge in [0.15, 0.2) is 5.75 Å². The Hall–Kier alpha value is -2.42. The van der Waals surface area contributed by atoms with Crippen molar-refractivity contribution < 1.29 is 4.74 Å². The van der Waals surface area contributed by atoms with Crippen molar-refractivity contribution in [3.8, 4) is 17.7 Å². The quantitative estimate of drug-likeness (QED) is 0.772. The minimum Gasteiger partial charge on any atom is -0.433 e. The zero-order valence-electron chi connectivity index (χ0n) is 8.66. The summed E-state index contributed by atoms with van der Waals surface area (Å²) in [5.41, 5.74) is 0.159. The summed E-state index contributed by atoms with van der Waals surface area (Å²) < 4.78 is 7.12. The molecule has 0 bridgehead atoms. The van der Waals surface area contributed by atoms with Gasteiger partial charge in [-0.05, 0) is 6.92 Å². The number of hydrogen-bond donors (Lipinski definition) is 0. The Morgan fingerprint density at radius 1 is 1.44 bits per heavy atom. The van der Waals surface area contributed by atoms with E-state index in [4.69, 9.17) is 10.00 Å². The topological polar surface area (TPSA) is 76.6 Å². The zero-order chi connectivity index (χ0) is 11.4. The number of aromatic nitrogens is 4. The normalized spacial score (nSPS) is 9.75. The zero-order valence-corrected chi connectivity index (χ0v) is 8.66. The molecule has 0 aliphatic rings. The molecule has 0 saturated heterocycles. The SMILES string of the molecule is CCn1cc(Oc2nccnc2C#N)cn1. The summed E-state index contributed by atoms with van der Waals surface area (Å²) in [6.45, 7) is 2.73. The summed E-state index contributed by atoms with van der Waals surface area (Å²) in [6.07, 6.45) is 6.22. The number of ether oxygens (including phenoxy) is 1. The molecule has 0 spiro atoms. The fourth-order valence-corrected chi connectivity index (χ4v) is 1.16. The van der Waals surface area contributed by atoms with Crippen LogP contribution in [0.25, 0.3) is 0 Å². The average molecular weight is 215 g/mol. The monoisotopic (exact) mass is 215 g/mol. The van der Waals surface area contributed by atoms with Gasteiger partial charge in [-0.2, -0.15) is 10.4 Å². The van der Waals surface area contributed by atoms with Gasteiger partial charge in [0, 0.05) is 18.9 Å². The van der Waals surface area contributed by atoms with Crippen molar-refractivity contribution in [3.05, 3.63) is 30.5 Å². The maximum atomic E-state index is 8.79. The van der Waals surface area contributed by atoms with Gasteiger partial charge in [0.05, 0.1) is 12.4 Å². The van der Waals surface area contributed by atoms with Crippen molar-refractivity contribution in [2.45, 2.75) is 13.5 Å². The third-order valence-corrected chi connectivity index (χ3v) is 1.92. The van der Waals surface area contributed by atoms with Crippen LogP contribution in [0.4, 0.5) is 0 Å². The van der Waals surface area contributed by atoms with E-state index in [1.54, 1.807) is 17.1 Å². The van der Waals surface area contributed by atoms with Crippen LogP contribution < -0.4 is 4.74 Å². The standard InChI is InChI=1S/C10H9N5O/c1-2-15-7-8(6-14-15)16-10-9(5-11)12-3-4-13-10/h3-4,6-7H,2H2,1H3. The first kappa shape index (κ1) is 10.1. The molecule has 2 heterocycles. The van der Waals surface area contributed by atoms with Gasteiger partial charge in [-0.25, -0.2) is 9.97 Å². The highest BCUT2D eigenvalue weighted by Crippen LogP contribution is 2.19. The molecule has 0 aliphatic carbocycles. The van der Waals surface area contributed by atoms with Crippen LogP contribution in [0.15, 0.2) is 24.8 Å². The molecule has 0 saturated carbocycles. The Labute approximate surface area is 92.1 Å². The van der Waals surface area contributed by atoms with E-state index in [-0.39, 0.29) is 11.6 Å². The maximum absolute atomic E-state index is 8.79. The fourth-order valence-electron chi connectivity index (χ4n) is 1.16. The summed E-state index contributed by atoms with van der Waals surface area (Å²) in [6, 6.07) is 1.91. The van der Waals surface area contributed by atoms with Gasteiger partial charge in [-0.15, -0.1) is 0 Å². The molecule has 0 N–H and O–H groups in total. The second-order valence-electron chi connectivity index (χ2n) is 2.96. The van der Waals surface area contributed by atoms with Gasteiger partial charge in [-0.3, -0.25) is 4.68 Å². The van der Waals surface area contributed by atoms with E-state index in [9.17, 15) is 0 Å². The third-order valence-electron chi connectivity index (χ3n) is 1.92. The van der Waals surface area contributed by atoms with Crippen LogP contribution in [0.3, 0.4) is 0 Å². The molecule has 0 atom stereocenters.